The molecule has 1 atom stereocenters. The van der Waals surface area contributed by atoms with Crippen LogP contribution in [0.25, 0.3) is 0 Å². The Morgan fingerprint density at radius 2 is 2.25 bits per heavy atom. The maximum absolute atomic E-state index is 11.8. The molecule has 1 aliphatic rings. The van der Waals surface area contributed by atoms with Crippen molar-refractivity contribution >= 4 is 17.3 Å². The van der Waals surface area contributed by atoms with Crippen LogP contribution in [0.4, 0.5) is 11.4 Å². The first-order valence-corrected chi connectivity index (χ1v) is 5.49. The van der Waals surface area contributed by atoms with Gasteiger partial charge in [-0.25, -0.2) is 0 Å². The molecule has 0 spiro atoms. The first-order chi connectivity index (χ1) is 7.63. The average Bonchev–Trinajstić information content (AvgIpc) is 2.64. The summed E-state index contributed by atoms with van der Waals surface area (Å²) >= 11 is 0. The zero-order valence-electron chi connectivity index (χ0n) is 9.44. The fourth-order valence-corrected chi connectivity index (χ4v) is 2.07. The zero-order valence-corrected chi connectivity index (χ0v) is 9.44. The molecule has 1 aromatic rings. The van der Waals surface area contributed by atoms with Gasteiger partial charge in [0.05, 0.1) is 11.4 Å². The van der Waals surface area contributed by atoms with Crippen molar-refractivity contribution in [2.24, 2.45) is 11.7 Å². The number of carbonyl (C=O) groups excluding carboxylic acids is 1. The van der Waals surface area contributed by atoms with Gasteiger partial charge in [0.1, 0.15) is 0 Å². The number of benzene rings is 1. The Morgan fingerprint density at radius 1 is 1.50 bits per heavy atom. The van der Waals surface area contributed by atoms with Gasteiger partial charge in [-0.1, -0.05) is 12.1 Å². The number of hydrogen-bond acceptors (Lipinski definition) is 3. The summed E-state index contributed by atoms with van der Waals surface area (Å²) in [5.74, 6) is 0.375. The van der Waals surface area contributed by atoms with Gasteiger partial charge in [-0.05, 0) is 31.0 Å². The van der Waals surface area contributed by atoms with E-state index in [9.17, 15) is 4.79 Å². The van der Waals surface area contributed by atoms with Crippen LogP contribution in [0.15, 0.2) is 18.2 Å². The molecule has 1 fully saturated rings. The molecule has 1 unspecified atom stereocenters. The van der Waals surface area contributed by atoms with Crippen LogP contribution in [-0.2, 0) is 4.79 Å². The third kappa shape index (κ3) is 1.76. The number of carbonyl (C=O) groups is 1. The second kappa shape index (κ2) is 4.14. The summed E-state index contributed by atoms with van der Waals surface area (Å²) in [7, 11) is 0. The number of amides is 1. The van der Waals surface area contributed by atoms with Crippen molar-refractivity contribution < 1.29 is 4.79 Å². The maximum atomic E-state index is 11.8. The van der Waals surface area contributed by atoms with Crippen LogP contribution in [0.1, 0.15) is 12.0 Å². The molecule has 1 heterocycles. The van der Waals surface area contributed by atoms with Crippen molar-refractivity contribution in [3.63, 3.8) is 0 Å². The number of aryl methyl sites for hydroxylation is 1. The van der Waals surface area contributed by atoms with Gasteiger partial charge < -0.3 is 16.4 Å². The predicted molar refractivity (Wildman–Crippen MR) is 65.1 cm³/mol. The third-order valence-corrected chi connectivity index (χ3v) is 3.13. The van der Waals surface area contributed by atoms with E-state index in [0.717, 1.165) is 11.3 Å². The van der Waals surface area contributed by atoms with Crippen LogP contribution in [0.2, 0.25) is 0 Å². The lowest BCUT2D eigenvalue weighted by atomic mass is 10.1. The Kier molecular flexibility index (Phi) is 2.83. The zero-order chi connectivity index (χ0) is 11.7. The summed E-state index contributed by atoms with van der Waals surface area (Å²) in [6.45, 7) is 3.18. The molecule has 4 heteroatoms. The quantitative estimate of drug-likeness (QED) is 0.725. The van der Waals surface area contributed by atoms with E-state index in [2.05, 4.69) is 0 Å². The summed E-state index contributed by atoms with van der Waals surface area (Å²) < 4.78 is 0. The van der Waals surface area contributed by atoms with Crippen LogP contribution in [0.3, 0.4) is 0 Å². The van der Waals surface area contributed by atoms with Crippen molar-refractivity contribution in [3.8, 4) is 0 Å². The highest BCUT2D eigenvalue weighted by molar-refractivity contribution is 5.98. The Hall–Kier alpha value is -1.55. The molecule has 1 amide bonds. The highest BCUT2D eigenvalue weighted by Gasteiger charge is 2.30. The topological polar surface area (TPSA) is 72.3 Å². The normalized spacial score (nSPS) is 20.5. The number of rotatable bonds is 2. The van der Waals surface area contributed by atoms with E-state index in [4.69, 9.17) is 11.5 Å². The van der Waals surface area contributed by atoms with E-state index in [-0.39, 0.29) is 11.8 Å². The van der Waals surface area contributed by atoms with Crippen molar-refractivity contribution in [1.29, 1.82) is 0 Å². The van der Waals surface area contributed by atoms with E-state index in [1.807, 2.05) is 25.1 Å². The van der Waals surface area contributed by atoms with Crippen molar-refractivity contribution in [2.75, 3.05) is 23.7 Å². The lowest BCUT2D eigenvalue weighted by Gasteiger charge is -2.19. The fourth-order valence-electron chi connectivity index (χ4n) is 2.07. The summed E-state index contributed by atoms with van der Waals surface area (Å²) in [6, 6.07) is 5.75. The van der Waals surface area contributed by atoms with E-state index in [1.54, 1.807) is 4.90 Å². The van der Waals surface area contributed by atoms with Crippen LogP contribution >= 0.6 is 0 Å². The summed E-state index contributed by atoms with van der Waals surface area (Å²) in [5.41, 5.74) is 14.1. The Bertz CT molecular complexity index is 417. The first kappa shape index (κ1) is 11.0. The molecule has 1 aliphatic heterocycles. The minimum Gasteiger partial charge on any atom is -0.397 e. The average molecular weight is 219 g/mol. The van der Waals surface area contributed by atoms with Crippen LogP contribution in [0, 0.1) is 12.8 Å². The molecule has 4 nitrogen and oxygen atoms in total. The molecule has 0 saturated carbocycles. The summed E-state index contributed by atoms with van der Waals surface area (Å²) in [4.78, 5) is 13.6. The molecule has 1 saturated heterocycles. The number of nitrogens with zero attached hydrogens (tertiary/aromatic N) is 1. The van der Waals surface area contributed by atoms with Crippen molar-refractivity contribution in [1.82, 2.24) is 0 Å². The lowest BCUT2D eigenvalue weighted by Crippen LogP contribution is -2.26. The van der Waals surface area contributed by atoms with Gasteiger partial charge in [-0.15, -0.1) is 0 Å². The number of anilines is 2. The lowest BCUT2D eigenvalue weighted by molar-refractivity contribution is -0.117. The monoisotopic (exact) mass is 219 g/mol. The molecule has 0 radical (unpaired) electrons. The SMILES string of the molecule is Cc1cccc(N2CC(CN)CC2=O)c1N. The molecule has 0 aliphatic carbocycles. The van der Waals surface area contributed by atoms with Crippen molar-refractivity contribution in [3.05, 3.63) is 23.8 Å². The molecule has 86 valence electrons. The van der Waals surface area contributed by atoms with Crippen LogP contribution in [0.5, 0.6) is 0 Å². The van der Waals surface area contributed by atoms with E-state index in [0.29, 0.717) is 25.2 Å². The number of nitrogen functional groups attached to an aromatic ring is 1. The van der Waals surface area contributed by atoms with Gasteiger partial charge in [0.2, 0.25) is 5.91 Å². The highest BCUT2D eigenvalue weighted by Crippen LogP contribution is 2.31. The first-order valence-electron chi connectivity index (χ1n) is 5.49. The number of hydrogen-bond donors (Lipinski definition) is 2. The van der Waals surface area contributed by atoms with Gasteiger partial charge in [0.25, 0.3) is 0 Å². The molecule has 2 rings (SSSR count). The van der Waals surface area contributed by atoms with Crippen LogP contribution < -0.4 is 16.4 Å². The standard InChI is InChI=1S/C12H17N3O/c1-8-3-2-4-10(12(8)14)15-7-9(6-13)5-11(15)16/h2-4,9H,5-7,13-14H2,1H3. The van der Waals surface area contributed by atoms with Crippen LogP contribution in [-0.4, -0.2) is 19.0 Å². The second-order valence-electron chi connectivity index (χ2n) is 4.32. The molecule has 4 N–H and O–H groups in total. The molecular formula is C12H17N3O. The number of para-hydroxylation sites is 1. The molecular weight excluding hydrogens is 202 g/mol. The minimum absolute atomic E-state index is 0.118. The minimum atomic E-state index is 0.118. The Morgan fingerprint density at radius 3 is 2.88 bits per heavy atom. The van der Waals surface area contributed by atoms with E-state index >= 15 is 0 Å². The fraction of sp³-hybridized carbons (Fsp3) is 0.417. The Balaban J connectivity index is 2.31. The third-order valence-electron chi connectivity index (χ3n) is 3.13. The van der Waals surface area contributed by atoms with Gasteiger partial charge in [0, 0.05) is 13.0 Å². The van der Waals surface area contributed by atoms with Gasteiger partial charge in [-0.3, -0.25) is 4.79 Å². The molecule has 1 aromatic carbocycles. The van der Waals surface area contributed by atoms with E-state index in [1.165, 1.54) is 0 Å². The smallest absolute Gasteiger partial charge is 0.227 e. The predicted octanol–water partition coefficient (Wildman–Crippen LogP) is 0.889. The second-order valence-corrected chi connectivity index (χ2v) is 4.32. The highest BCUT2D eigenvalue weighted by atomic mass is 16.2. The largest absolute Gasteiger partial charge is 0.397 e. The van der Waals surface area contributed by atoms with Gasteiger partial charge in [-0.2, -0.15) is 0 Å². The summed E-state index contributed by atoms with van der Waals surface area (Å²) in [5, 5.41) is 0. The maximum Gasteiger partial charge on any atom is 0.227 e. The molecule has 16 heavy (non-hydrogen) atoms. The van der Waals surface area contributed by atoms with E-state index < -0.39 is 0 Å². The number of nitrogens with two attached hydrogens (primary N) is 2. The summed E-state index contributed by atoms with van der Waals surface area (Å²) in [6.07, 6.45) is 0.532. The molecule has 0 aromatic heterocycles. The molecule has 0 bridgehead atoms. The van der Waals surface area contributed by atoms with Crippen molar-refractivity contribution in [2.45, 2.75) is 13.3 Å². The van der Waals surface area contributed by atoms with Gasteiger partial charge >= 0.3 is 0 Å². The Labute approximate surface area is 95.2 Å². The van der Waals surface area contributed by atoms with Gasteiger partial charge in [0.15, 0.2) is 0 Å².